The van der Waals surface area contributed by atoms with Gasteiger partial charge in [-0.05, 0) is 55.9 Å². The molecule has 0 saturated carbocycles. The lowest BCUT2D eigenvalue weighted by molar-refractivity contribution is 0.354. The Morgan fingerprint density at radius 2 is 1.68 bits per heavy atom. The molecule has 6 nitrogen and oxygen atoms in total. The summed E-state index contributed by atoms with van der Waals surface area (Å²) in [5.41, 5.74) is 2.86. The molecule has 0 unspecified atom stereocenters. The number of halogens is 2. The van der Waals surface area contributed by atoms with Crippen molar-refractivity contribution in [3.8, 4) is 11.5 Å². The van der Waals surface area contributed by atoms with Gasteiger partial charge in [-0.3, -0.25) is 4.99 Å². The Morgan fingerprint density at radius 3 is 2.29 bits per heavy atom. The lowest BCUT2D eigenvalue weighted by Gasteiger charge is -2.22. The Labute approximate surface area is 202 Å². The zero-order valence-corrected chi connectivity index (χ0v) is 21.6. The Morgan fingerprint density at radius 1 is 1.00 bits per heavy atom. The molecule has 0 atom stereocenters. The van der Waals surface area contributed by atoms with Gasteiger partial charge < -0.3 is 24.6 Å². The molecular formula is C23H34FIN4O2. The average Bonchev–Trinajstić information content (AvgIpc) is 2.74. The molecule has 2 aromatic rings. The van der Waals surface area contributed by atoms with Crippen LogP contribution in [0.25, 0.3) is 0 Å². The largest absolute Gasteiger partial charge is 0.493 e. The van der Waals surface area contributed by atoms with Gasteiger partial charge in [0.2, 0.25) is 0 Å². The molecule has 8 heteroatoms. The van der Waals surface area contributed by atoms with E-state index in [2.05, 4.69) is 15.2 Å². The lowest BCUT2D eigenvalue weighted by Crippen LogP contribution is -2.39. The molecule has 1 N–H and O–H groups in total. The van der Waals surface area contributed by atoms with Gasteiger partial charge >= 0.3 is 0 Å². The minimum Gasteiger partial charge on any atom is -0.493 e. The molecule has 0 aliphatic rings. The first kappa shape index (κ1) is 27.0. The molecule has 2 aromatic carbocycles. The van der Waals surface area contributed by atoms with Crippen LogP contribution in [0.1, 0.15) is 16.7 Å². The smallest absolute Gasteiger partial charge is 0.193 e. The maximum atomic E-state index is 14.0. The number of hydrogen-bond acceptors (Lipinski definition) is 4. The van der Waals surface area contributed by atoms with Crippen LogP contribution >= 0.6 is 24.0 Å². The first-order chi connectivity index (χ1) is 14.4. The second kappa shape index (κ2) is 13.4. The molecule has 0 fully saturated rings. The highest BCUT2D eigenvalue weighted by Gasteiger charge is 2.10. The fraction of sp³-hybridized carbons (Fsp3) is 0.435. The summed E-state index contributed by atoms with van der Waals surface area (Å²) in [5.74, 6) is 2.06. The number of ether oxygens (including phenoxy) is 2. The van der Waals surface area contributed by atoms with Crippen LogP contribution in [0, 0.1) is 5.82 Å². The summed E-state index contributed by atoms with van der Waals surface area (Å²) in [6.45, 7) is 1.93. The van der Waals surface area contributed by atoms with E-state index in [4.69, 9.17) is 9.47 Å². The normalized spacial score (nSPS) is 11.2. The van der Waals surface area contributed by atoms with Crippen LogP contribution in [0.3, 0.4) is 0 Å². The van der Waals surface area contributed by atoms with E-state index in [1.807, 2.05) is 50.3 Å². The van der Waals surface area contributed by atoms with Gasteiger partial charge in [0.25, 0.3) is 0 Å². The van der Waals surface area contributed by atoms with E-state index in [9.17, 15) is 4.39 Å². The molecule has 0 radical (unpaired) electrons. The van der Waals surface area contributed by atoms with Crippen molar-refractivity contribution in [1.29, 1.82) is 0 Å². The van der Waals surface area contributed by atoms with Crippen LogP contribution in [0.5, 0.6) is 11.5 Å². The standard InChI is InChI=1S/C23H33FN4O2.HI/c1-25-23(26-15-18-7-9-20(24)19(13-18)16-27(2)3)28(4)12-11-17-8-10-21(29-5)22(14-17)30-6;/h7-10,13-14H,11-12,15-16H2,1-6H3,(H,25,26);1H. The van der Waals surface area contributed by atoms with Crippen molar-refractivity contribution >= 4 is 29.9 Å². The quantitative estimate of drug-likeness (QED) is 0.296. The van der Waals surface area contributed by atoms with Crippen LogP contribution < -0.4 is 14.8 Å². The molecule has 0 bridgehead atoms. The predicted octanol–water partition coefficient (Wildman–Crippen LogP) is 3.77. The highest BCUT2D eigenvalue weighted by atomic mass is 127. The van der Waals surface area contributed by atoms with Crippen LogP contribution in [-0.4, -0.2) is 64.7 Å². The van der Waals surface area contributed by atoms with E-state index in [1.165, 1.54) is 6.07 Å². The van der Waals surface area contributed by atoms with Crippen molar-refractivity contribution in [2.75, 3.05) is 49.0 Å². The number of benzene rings is 2. The van der Waals surface area contributed by atoms with Crippen molar-refractivity contribution < 1.29 is 13.9 Å². The first-order valence-electron chi connectivity index (χ1n) is 9.92. The summed E-state index contributed by atoms with van der Waals surface area (Å²) < 4.78 is 24.7. The fourth-order valence-corrected chi connectivity index (χ4v) is 3.20. The first-order valence-corrected chi connectivity index (χ1v) is 9.92. The van der Waals surface area contributed by atoms with Gasteiger partial charge in [0.15, 0.2) is 17.5 Å². The molecule has 0 heterocycles. The monoisotopic (exact) mass is 544 g/mol. The second-order valence-corrected chi connectivity index (χ2v) is 7.43. The number of nitrogens with zero attached hydrogens (tertiary/aromatic N) is 3. The number of hydrogen-bond donors (Lipinski definition) is 1. The van der Waals surface area contributed by atoms with E-state index < -0.39 is 0 Å². The molecule has 172 valence electrons. The van der Waals surface area contributed by atoms with Crippen molar-refractivity contribution in [1.82, 2.24) is 15.1 Å². The molecule has 0 aliphatic carbocycles. The Kier molecular flexibility index (Phi) is 11.6. The summed E-state index contributed by atoms with van der Waals surface area (Å²) in [6.07, 6.45) is 0.834. The van der Waals surface area contributed by atoms with Crippen LogP contribution in [0.2, 0.25) is 0 Å². The van der Waals surface area contributed by atoms with Crippen molar-refractivity contribution in [3.63, 3.8) is 0 Å². The fourth-order valence-electron chi connectivity index (χ4n) is 3.20. The number of likely N-dealkylation sites (N-methyl/N-ethyl adjacent to an activating group) is 1. The Hall–Kier alpha value is -2.07. The summed E-state index contributed by atoms with van der Waals surface area (Å²) in [5, 5.41) is 3.36. The van der Waals surface area contributed by atoms with Gasteiger partial charge in [0.05, 0.1) is 14.2 Å². The maximum Gasteiger partial charge on any atom is 0.193 e. The van der Waals surface area contributed by atoms with E-state index in [1.54, 1.807) is 27.3 Å². The van der Waals surface area contributed by atoms with E-state index in [0.717, 1.165) is 41.6 Å². The molecule has 0 aromatic heterocycles. The third kappa shape index (κ3) is 8.17. The molecule has 31 heavy (non-hydrogen) atoms. The molecule has 0 amide bonds. The number of rotatable bonds is 9. The van der Waals surface area contributed by atoms with Crippen molar-refractivity contribution in [3.05, 3.63) is 58.9 Å². The molecule has 2 rings (SSSR count). The molecular weight excluding hydrogens is 510 g/mol. The third-order valence-corrected chi connectivity index (χ3v) is 4.80. The van der Waals surface area contributed by atoms with Gasteiger partial charge in [-0.1, -0.05) is 12.1 Å². The van der Waals surface area contributed by atoms with Gasteiger partial charge in [-0.15, -0.1) is 24.0 Å². The van der Waals surface area contributed by atoms with E-state index in [0.29, 0.717) is 18.7 Å². The van der Waals surface area contributed by atoms with Crippen molar-refractivity contribution in [2.45, 2.75) is 19.5 Å². The number of nitrogens with one attached hydrogen (secondary N) is 1. The maximum absolute atomic E-state index is 14.0. The van der Waals surface area contributed by atoms with E-state index >= 15 is 0 Å². The summed E-state index contributed by atoms with van der Waals surface area (Å²) in [7, 11) is 10.9. The summed E-state index contributed by atoms with van der Waals surface area (Å²) >= 11 is 0. The third-order valence-electron chi connectivity index (χ3n) is 4.80. The topological polar surface area (TPSA) is 49.3 Å². The van der Waals surface area contributed by atoms with Gasteiger partial charge in [-0.2, -0.15) is 0 Å². The zero-order chi connectivity index (χ0) is 22.1. The van der Waals surface area contributed by atoms with Gasteiger partial charge in [-0.25, -0.2) is 4.39 Å². The zero-order valence-electron chi connectivity index (χ0n) is 19.2. The molecule has 0 spiro atoms. The van der Waals surface area contributed by atoms with Crippen LogP contribution in [0.4, 0.5) is 4.39 Å². The number of aliphatic imine (C=N–C) groups is 1. The number of methoxy groups -OCH3 is 2. The minimum atomic E-state index is -0.177. The van der Waals surface area contributed by atoms with Gasteiger partial charge in [0, 0.05) is 39.3 Å². The summed E-state index contributed by atoms with van der Waals surface area (Å²) in [6, 6.07) is 11.2. The Bertz CT molecular complexity index is 861. The highest BCUT2D eigenvalue weighted by molar-refractivity contribution is 14.0. The minimum absolute atomic E-state index is 0. The van der Waals surface area contributed by atoms with Gasteiger partial charge in [0.1, 0.15) is 5.82 Å². The van der Waals surface area contributed by atoms with Crippen molar-refractivity contribution in [2.24, 2.45) is 4.99 Å². The predicted molar refractivity (Wildman–Crippen MR) is 135 cm³/mol. The van der Waals surface area contributed by atoms with E-state index in [-0.39, 0.29) is 29.8 Å². The van der Waals surface area contributed by atoms with Crippen LogP contribution in [0.15, 0.2) is 41.4 Å². The lowest BCUT2D eigenvalue weighted by atomic mass is 10.1. The SMILES string of the molecule is CN=C(NCc1ccc(F)c(CN(C)C)c1)N(C)CCc1ccc(OC)c(OC)c1.I. The molecule has 0 saturated heterocycles. The number of guanidine groups is 1. The van der Waals surface area contributed by atoms with Crippen LogP contribution in [-0.2, 0) is 19.5 Å². The Balaban J connectivity index is 0.00000480. The second-order valence-electron chi connectivity index (χ2n) is 7.43. The highest BCUT2D eigenvalue weighted by Crippen LogP contribution is 2.27. The summed E-state index contributed by atoms with van der Waals surface area (Å²) in [4.78, 5) is 8.39. The molecule has 0 aliphatic heterocycles. The average molecular weight is 544 g/mol.